The van der Waals surface area contributed by atoms with Gasteiger partial charge in [0, 0.05) is 18.3 Å². The van der Waals surface area contributed by atoms with Crippen molar-refractivity contribution in [3.63, 3.8) is 0 Å². The minimum Gasteiger partial charge on any atom is -0.346 e. The van der Waals surface area contributed by atoms with Gasteiger partial charge in [-0.2, -0.15) is 0 Å². The van der Waals surface area contributed by atoms with E-state index >= 15 is 0 Å². The summed E-state index contributed by atoms with van der Waals surface area (Å²) in [7, 11) is 2.04. The quantitative estimate of drug-likeness (QED) is 0.859. The summed E-state index contributed by atoms with van der Waals surface area (Å²) in [6.45, 7) is 5.13. The van der Waals surface area contributed by atoms with E-state index in [1.165, 1.54) is 4.88 Å². The van der Waals surface area contributed by atoms with Crippen molar-refractivity contribution in [3.05, 3.63) is 33.0 Å². The fourth-order valence-electron chi connectivity index (χ4n) is 2.57. The average molecular weight is 306 g/mol. The summed E-state index contributed by atoms with van der Waals surface area (Å²) in [5.74, 6) is 0.254. The zero-order chi connectivity index (χ0) is 14.3. The number of hydrogen-bond donors (Lipinski definition) is 0. The number of hydrogen-bond acceptors (Lipinski definition) is 5. The van der Waals surface area contributed by atoms with Crippen molar-refractivity contribution < 1.29 is 4.79 Å². The van der Waals surface area contributed by atoms with Crippen LogP contribution in [0, 0.1) is 5.41 Å². The first-order valence-electron chi connectivity index (χ1n) is 6.71. The molecule has 0 bridgehead atoms. The van der Waals surface area contributed by atoms with Crippen LogP contribution in [-0.2, 0) is 13.0 Å². The Balaban J connectivity index is 1.84. The molecule has 3 nitrogen and oxygen atoms in total. The van der Waals surface area contributed by atoms with Gasteiger partial charge >= 0.3 is 0 Å². The first kappa shape index (κ1) is 13.8. The molecule has 0 unspecified atom stereocenters. The first-order valence-corrected chi connectivity index (χ1v) is 8.41. The van der Waals surface area contributed by atoms with Crippen molar-refractivity contribution in [2.75, 3.05) is 11.9 Å². The number of thiazole rings is 1. The SMILES string of the molecule is CN(Cc1cccs1)c1nc2c(s1)C(=O)CC(C)(C)C2. The van der Waals surface area contributed by atoms with Gasteiger partial charge < -0.3 is 4.90 Å². The number of thiophene rings is 1. The maximum Gasteiger partial charge on any atom is 0.186 e. The third-order valence-electron chi connectivity index (χ3n) is 3.52. The van der Waals surface area contributed by atoms with Gasteiger partial charge in [-0.1, -0.05) is 31.3 Å². The standard InChI is InChI=1S/C15H18N2OS2/c1-15(2)7-11-13(12(18)8-15)20-14(16-11)17(3)9-10-5-4-6-19-10/h4-6H,7-9H2,1-3H3. The van der Waals surface area contributed by atoms with Crippen molar-refractivity contribution in [1.29, 1.82) is 0 Å². The molecule has 3 rings (SSSR count). The van der Waals surface area contributed by atoms with Crippen LogP contribution in [0.3, 0.4) is 0 Å². The van der Waals surface area contributed by atoms with Gasteiger partial charge in [0.25, 0.3) is 0 Å². The van der Waals surface area contributed by atoms with E-state index in [2.05, 4.69) is 36.3 Å². The van der Waals surface area contributed by atoms with Gasteiger partial charge in [-0.3, -0.25) is 4.79 Å². The molecule has 1 aliphatic rings. The summed E-state index contributed by atoms with van der Waals surface area (Å²) in [5, 5.41) is 3.04. The van der Waals surface area contributed by atoms with Crippen LogP contribution in [0.2, 0.25) is 0 Å². The second-order valence-corrected chi connectivity index (χ2v) is 8.16. The van der Waals surface area contributed by atoms with Crippen molar-refractivity contribution >= 4 is 33.6 Å². The summed E-state index contributed by atoms with van der Waals surface area (Å²) in [6.07, 6.45) is 1.54. The van der Waals surface area contributed by atoms with Crippen molar-refractivity contribution in [1.82, 2.24) is 4.98 Å². The Morgan fingerprint density at radius 3 is 2.90 bits per heavy atom. The Morgan fingerprint density at radius 2 is 2.20 bits per heavy atom. The fourth-order valence-corrected chi connectivity index (χ4v) is 4.31. The highest BCUT2D eigenvalue weighted by Gasteiger charge is 2.34. The monoisotopic (exact) mass is 306 g/mol. The van der Waals surface area contributed by atoms with E-state index in [1.54, 1.807) is 22.7 Å². The summed E-state index contributed by atoms with van der Waals surface area (Å²) in [4.78, 5) is 21.2. The fraction of sp³-hybridized carbons (Fsp3) is 0.467. The molecular weight excluding hydrogens is 288 g/mol. The lowest BCUT2D eigenvalue weighted by atomic mass is 9.78. The van der Waals surface area contributed by atoms with E-state index in [0.29, 0.717) is 6.42 Å². The highest BCUT2D eigenvalue weighted by Crippen LogP contribution is 2.39. The molecule has 20 heavy (non-hydrogen) atoms. The lowest BCUT2D eigenvalue weighted by Crippen LogP contribution is -2.26. The predicted molar refractivity (Wildman–Crippen MR) is 85.0 cm³/mol. The minimum atomic E-state index is 0.0434. The first-order chi connectivity index (χ1) is 9.44. The maximum atomic E-state index is 12.2. The molecule has 106 valence electrons. The molecule has 1 aliphatic carbocycles. The van der Waals surface area contributed by atoms with Crippen LogP contribution in [0.4, 0.5) is 5.13 Å². The Kier molecular flexibility index (Phi) is 3.42. The van der Waals surface area contributed by atoms with Gasteiger partial charge in [0.1, 0.15) is 0 Å². The van der Waals surface area contributed by atoms with Crippen LogP contribution in [0.1, 0.15) is 40.5 Å². The van der Waals surface area contributed by atoms with E-state index in [1.807, 2.05) is 7.05 Å². The number of nitrogens with zero attached hydrogens (tertiary/aromatic N) is 2. The van der Waals surface area contributed by atoms with Gasteiger partial charge in [-0.05, 0) is 23.3 Å². The van der Waals surface area contributed by atoms with Gasteiger partial charge in [0.05, 0.1) is 17.1 Å². The maximum absolute atomic E-state index is 12.2. The largest absolute Gasteiger partial charge is 0.346 e. The zero-order valence-corrected chi connectivity index (χ0v) is 13.6. The molecule has 0 amide bonds. The van der Waals surface area contributed by atoms with E-state index < -0.39 is 0 Å². The molecule has 0 aromatic carbocycles. The number of carbonyl (C=O) groups excluding carboxylic acids is 1. The highest BCUT2D eigenvalue weighted by molar-refractivity contribution is 7.17. The zero-order valence-electron chi connectivity index (χ0n) is 12.0. The number of ketones is 1. The molecule has 0 aliphatic heterocycles. The van der Waals surface area contributed by atoms with Gasteiger partial charge in [0.2, 0.25) is 0 Å². The Morgan fingerprint density at radius 1 is 1.40 bits per heavy atom. The third-order valence-corrected chi connectivity index (χ3v) is 5.64. The number of fused-ring (bicyclic) bond motifs is 1. The van der Waals surface area contributed by atoms with Gasteiger partial charge in [0.15, 0.2) is 10.9 Å². The Hall–Kier alpha value is -1.20. The average Bonchev–Trinajstić information content (AvgIpc) is 2.96. The summed E-state index contributed by atoms with van der Waals surface area (Å²) >= 11 is 3.29. The lowest BCUT2D eigenvalue weighted by Gasteiger charge is -2.26. The van der Waals surface area contributed by atoms with Crippen molar-refractivity contribution in [2.45, 2.75) is 33.2 Å². The molecule has 0 N–H and O–H groups in total. The molecule has 2 heterocycles. The molecule has 0 spiro atoms. The highest BCUT2D eigenvalue weighted by atomic mass is 32.1. The predicted octanol–water partition coefficient (Wildman–Crippen LogP) is 4.00. The normalized spacial score (nSPS) is 17.1. The second-order valence-electron chi connectivity index (χ2n) is 6.15. The molecule has 0 saturated carbocycles. The van der Waals surface area contributed by atoms with Gasteiger partial charge in [-0.15, -0.1) is 11.3 Å². The second kappa shape index (κ2) is 4.97. The number of anilines is 1. The number of aromatic nitrogens is 1. The van der Waals surface area contributed by atoms with E-state index in [0.717, 1.165) is 28.7 Å². The molecule has 5 heteroatoms. The van der Waals surface area contributed by atoms with Crippen LogP contribution < -0.4 is 4.90 Å². The Bertz CT molecular complexity index is 628. The molecular formula is C15H18N2OS2. The van der Waals surface area contributed by atoms with Crippen LogP contribution in [0.5, 0.6) is 0 Å². The number of carbonyl (C=O) groups is 1. The van der Waals surface area contributed by atoms with E-state index in [-0.39, 0.29) is 11.2 Å². The summed E-state index contributed by atoms with van der Waals surface area (Å²) < 4.78 is 0. The van der Waals surface area contributed by atoms with Crippen LogP contribution in [0.25, 0.3) is 0 Å². The number of Topliss-reactive ketones (excluding diaryl/α,β-unsaturated/α-hetero) is 1. The smallest absolute Gasteiger partial charge is 0.186 e. The third kappa shape index (κ3) is 2.65. The van der Waals surface area contributed by atoms with Crippen molar-refractivity contribution in [3.8, 4) is 0 Å². The van der Waals surface area contributed by atoms with Crippen molar-refractivity contribution in [2.24, 2.45) is 5.41 Å². The minimum absolute atomic E-state index is 0.0434. The van der Waals surface area contributed by atoms with Crippen LogP contribution >= 0.6 is 22.7 Å². The lowest BCUT2D eigenvalue weighted by molar-refractivity contribution is 0.0916. The van der Waals surface area contributed by atoms with E-state index in [4.69, 9.17) is 4.98 Å². The molecule has 0 radical (unpaired) electrons. The summed E-state index contributed by atoms with van der Waals surface area (Å²) in [6, 6.07) is 4.19. The van der Waals surface area contributed by atoms with Crippen LogP contribution in [0.15, 0.2) is 17.5 Å². The molecule has 2 aromatic heterocycles. The number of rotatable bonds is 3. The van der Waals surface area contributed by atoms with Crippen LogP contribution in [-0.4, -0.2) is 17.8 Å². The van der Waals surface area contributed by atoms with E-state index in [9.17, 15) is 4.79 Å². The topological polar surface area (TPSA) is 33.2 Å². The molecule has 0 fully saturated rings. The molecule has 2 aromatic rings. The summed E-state index contributed by atoms with van der Waals surface area (Å²) in [5.41, 5.74) is 1.03. The Labute approximate surface area is 127 Å². The van der Waals surface area contributed by atoms with Gasteiger partial charge in [-0.25, -0.2) is 4.98 Å². The molecule has 0 atom stereocenters. The molecule has 0 saturated heterocycles.